The predicted molar refractivity (Wildman–Crippen MR) is 111 cm³/mol. The first-order valence-electron chi connectivity index (χ1n) is 7.36. The van der Waals surface area contributed by atoms with Gasteiger partial charge in [0.05, 0.1) is 0 Å². The van der Waals surface area contributed by atoms with Gasteiger partial charge in [-0.05, 0) is 0 Å². The molecule has 3 N–H and O–H groups in total. The van der Waals surface area contributed by atoms with Crippen LogP contribution in [0.2, 0.25) is 0 Å². The van der Waals surface area contributed by atoms with Gasteiger partial charge in [-0.25, -0.2) is 30.6 Å². The van der Waals surface area contributed by atoms with Crippen LogP contribution in [-0.2, 0) is 14.4 Å². The molecule has 3 aromatic rings. The Morgan fingerprint density at radius 3 is 0.393 bits per heavy atom. The molecule has 146 valence electrons. The first kappa shape index (κ1) is 31.6. The van der Waals surface area contributed by atoms with Crippen molar-refractivity contribution in [3.63, 3.8) is 0 Å². The second kappa shape index (κ2) is 38.4. The summed E-state index contributed by atoms with van der Waals surface area (Å²) in [7, 11) is 0. The normalized spacial score (nSPS) is 6.00. The van der Waals surface area contributed by atoms with Crippen molar-refractivity contribution in [2.75, 3.05) is 0 Å². The van der Waals surface area contributed by atoms with E-state index in [0.29, 0.717) is 0 Å². The third-order valence-electron chi connectivity index (χ3n) is 2.00. The van der Waals surface area contributed by atoms with Gasteiger partial charge in [0, 0.05) is 0 Å². The summed E-state index contributed by atoms with van der Waals surface area (Å²) in [4.78, 5) is 25.0. The highest BCUT2D eigenvalue weighted by Gasteiger charge is 1.59. The summed E-state index contributed by atoms with van der Waals surface area (Å²) in [5, 5.41) is 16.2. The Bertz CT molecular complexity index is 520. The van der Waals surface area contributed by atoms with Crippen LogP contribution in [0.4, 0.5) is 0 Å². The van der Waals surface area contributed by atoms with Crippen molar-refractivity contribution in [3.8, 4) is 0 Å². The largest absolute Gasteiger partial charge is 0.231 e. The number of hydrogen-bond donors (Lipinski definition) is 3. The van der Waals surface area contributed by atoms with Crippen molar-refractivity contribution < 1.29 is 14.4 Å². The van der Waals surface area contributed by atoms with E-state index in [0.717, 1.165) is 18.2 Å². The number of nitrogens with one attached hydrogen (secondary N) is 3. The van der Waals surface area contributed by atoms with Crippen LogP contribution in [0.25, 0.3) is 0 Å². The predicted octanol–water partition coefficient (Wildman–Crippen LogP) is 5.40. The standard InChI is InChI=1S/3C6H6.3CHNO.CH4/c3*1-2-4-6-5-3-1;3*2-1-3;/h3*1-6H;3*2H;1H4. The van der Waals surface area contributed by atoms with Crippen LogP contribution in [0.15, 0.2) is 109 Å². The van der Waals surface area contributed by atoms with Gasteiger partial charge in [-0.1, -0.05) is 117 Å². The molecule has 0 saturated carbocycles. The van der Waals surface area contributed by atoms with Crippen LogP contribution < -0.4 is 0 Å². The summed E-state index contributed by atoms with van der Waals surface area (Å²) in [5.41, 5.74) is 0. The Morgan fingerprint density at radius 1 is 0.321 bits per heavy atom. The van der Waals surface area contributed by atoms with Crippen molar-refractivity contribution >= 4 is 18.2 Å². The summed E-state index contributed by atoms with van der Waals surface area (Å²) in [6, 6.07) is 36.0. The second-order valence-electron chi connectivity index (χ2n) is 3.77. The molecule has 0 aliphatic heterocycles. The molecular weight excluding hydrogens is 354 g/mol. The smallest absolute Gasteiger partial charge is 0.222 e. The molecule has 28 heavy (non-hydrogen) atoms. The molecule has 0 unspecified atom stereocenters. The van der Waals surface area contributed by atoms with Crippen LogP contribution >= 0.6 is 0 Å². The zero-order valence-electron chi connectivity index (χ0n) is 14.6. The molecule has 0 fully saturated rings. The molecule has 0 saturated heterocycles. The lowest BCUT2D eigenvalue weighted by Gasteiger charge is -1.69. The molecule has 3 aromatic carbocycles. The maximum Gasteiger partial charge on any atom is 0.231 e. The molecule has 0 heterocycles. The van der Waals surface area contributed by atoms with Gasteiger partial charge in [0.1, 0.15) is 0 Å². The van der Waals surface area contributed by atoms with Gasteiger partial charge in [-0.15, -0.1) is 0 Å². The van der Waals surface area contributed by atoms with Gasteiger partial charge in [0.2, 0.25) is 18.2 Å². The molecular formula is C22H25N3O3. The molecule has 0 aromatic heterocycles. The average Bonchev–Trinajstić information content (AvgIpc) is 2.75. The van der Waals surface area contributed by atoms with E-state index in [9.17, 15) is 0 Å². The molecule has 6 heteroatoms. The van der Waals surface area contributed by atoms with Crippen LogP contribution in [0.3, 0.4) is 0 Å². The molecule has 0 atom stereocenters. The molecule has 0 amide bonds. The van der Waals surface area contributed by atoms with Crippen LogP contribution in [0, 0.1) is 16.2 Å². The summed E-state index contributed by atoms with van der Waals surface area (Å²) in [5.74, 6) is 0. The van der Waals surface area contributed by atoms with Crippen LogP contribution in [0.1, 0.15) is 7.43 Å². The molecule has 0 radical (unpaired) electrons. The van der Waals surface area contributed by atoms with Crippen molar-refractivity contribution in [1.82, 2.24) is 0 Å². The first-order valence-corrected chi connectivity index (χ1v) is 7.36. The fourth-order valence-electron chi connectivity index (χ4n) is 1.15. The number of benzene rings is 3. The monoisotopic (exact) mass is 379 g/mol. The summed E-state index contributed by atoms with van der Waals surface area (Å²) >= 11 is 0. The summed E-state index contributed by atoms with van der Waals surface area (Å²) in [6.45, 7) is 0. The van der Waals surface area contributed by atoms with Crippen molar-refractivity contribution in [2.24, 2.45) is 0 Å². The zero-order chi connectivity index (χ0) is 20.8. The van der Waals surface area contributed by atoms with Crippen molar-refractivity contribution in [3.05, 3.63) is 109 Å². The lowest BCUT2D eigenvalue weighted by atomic mass is 10.4. The number of hydrogen-bond acceptors (Lipinski definition) is 6. The minimum atomic E-state index is 0. The molecule has 0 aliphatic rings. The van der Waals surface area contributed by atoms with E-state index >= 15 is 0 Å². The zero-order valence-corrected chi connectivity index (χ0v) is 14.6. The molecule has 3 rings (SSSR count). The number of carbonyl (C=O) groups excluding carboxylic acids is 3. The number of rotatable bonds is 0. The van der Waals surface area contributed by atoms with E-state index in [4.69, 9.17) is 30.6 Å². The second-order valence-corrected chi connectivity index (χ2v) is 3.77. The Morgan fingerprint density at radius 2 is 0.357 bits per heavy atom. The van der Waals surface area contributed by atoms with Gasteiger partial charge >= 0.3 is 0 Å². The molecule has 6 nitrogen and oxygen atoms in total. The third kappa shape index (κ3) is 49.5. The highest BCUT2D eigenvalue weighted by Crippen LogP contribution is 1.81. The van der Waals surface area contributed by atoms with Gasteiger partial charge in [-0.3, -0.25) is 0 Å². The van der Waals surface area contributed by atoms with E-state index in [1.165, 1.54) is 0 Å². The number of isocyanates is 3. The average molecular weight is 379 g/mol. The lowest BCUT2D eigenvalue weighted by molar-refractivity contribution is 0.562. The van der Waals surface area contributed by atoms with Crippen LogP contribution in [-0.4, -0.2) is 18.2 Å². The first-order chi connectivity index (χ1) is 13.2. The van der Waals surface area contributed by atoms with Gasteiger partial charge in [-0.2, -0.15) is 0 Å². The van der Waals surface area contributed by atoms with Gasteiger partial charge in [0.25, 0.3) is 0 Å². The van der Waals surface area contributed by atoms with Gasteiger partial charge in [0.15, 0.2) is 0 Å². The lowest BCUT2D eigenvalue weighted by Crippen LogP contribution is -1.47. The van der Waals surface area contributed by atoms with E-state index in [-0.39, 0.29) is 7.43 Å². The highest BCUT2D eigenvalue weighted by atomic mass is 16.1. The van der Waals surface area contributed by atoms with E-state index in [2.05, 4.69) is 0 Å². The van der Waals surface area contributed by atoms with Crippen molar-refractivity contribution in [2.45, 2.75) is 7.43 Å². The van der Waals surface area contributed by atoms with Crippen molar-refractivity contribution in [1.29, 1.82) is 16.2 Å². The maximum atomic E-state index is 8.35. The fourth-order valence-corrected chi connectivity index (χ4v) is 1.15. The Kier molecular flexibility index (Phi) is 43.3. The minimum Gasteiger partial charge on any atom is -0.222 e. The van der Waals surface area contributed by atoms with E-state index in [1.807, 2.05) is 109 Å². The Hall–Kier alpha value is -4.20. The fraction of sp³-hybridized carbons (Fsp3) is 0.0455. The topological polar surface area (TPSA) is 123 Å². The Labute approximate surface area is 166 Å². The Balaban J connectivity index is -0.000000127. The van der Waals surface area contributed by atoms with E-state index in [1.54, 1.807) is 0 Å². The maximum absolute atomic E-state index is 8.35. The summed E-state index contributed by atoms with van der Waals surface area (Å²) in [6.07, 6.45) is 2.25. The summed E-state index contributed by atoms with van der Waals surface area (Å²) < 4.78 is 0. The molecule has 0 bridgehead atoms. The minimum absolute atomic E-state index is 0. The van der Waals surface area contributed by atoms with Crippen LogP contribution in [0.5, 0.6) is 0 Å². The molecule has 0 aliphatic carbocycles. The third-order valence-corrected chi connectivity index (χ3v) is 2.00. The van der Waals surface area contributed by atoms with E-state index < -0.39 is 0 Å². The molecule has 0 spiro atoms. The quantitative estimate of drug-likeness (QED) is 0.358. The SMILES string of the molecule is C.N=C=O.N=C=O.N=C=O.c1ccccc1.c1ccccc1.c1ccccc1. The van der Waals surface area contributed by atoms with Gasteiger partial charge < -0.3 is 0 Å². The highest BCUT2D eigenvalue weighted by molar-refractivity contribution is 5.26.